The summed E-state index contributed by atoms with van der Waals surface area (Å²) in [5.74, 6) is -1.06. The predicted molar refractivity (Wildman–Crippen MR) is 143 cm³/mol. The molecule has 0 radical (unpaired) electrons. The summed E-state index contributed by atoms with van der Waals surface area (Å²) in [5, 5.41) is 0. The van der Waals surface area contributed by atoms with Crippen LogP contribution in [0.3, 0.4) is 0 Å². The summed E-state index contributed by atoms with van der Waals surface area (Å²) in [6, 6.07) is 15.5. The number of nitrogens with two attached hydrogens (primary N) is 1. The minimum Gasteiger partial charge on any atom is -0.366 e. The number of aromatic nitrogens is 1. The topological polar surface area (TPSA) is 82.8 Å². The number of likely N-dealkylation sites (tertiary alicyclic amines) is 1. The van der Waals surface area contributed by atoms with E-state index >= 15 is 4.39 Å². The Bertz CT molecular complexity index is 1210. The molecule has 7 nitrogen and oxygen atoms in total. The summed E-state index contributed by atoms with van der Waals surface area (Å²) in [7, 11) is 0. The molecule has 4 rings (SSSR count). The number of rotatable bonds is 9. The number of anilines is 2. The van der Waals surface area contributed by atoms with Crippen molar-refractivity contribution in [2.24, 2.45) is 5.73 Å². The molecule has 37 heavy (non-hydrogen) atoms. The van der Waals surface area contributed by atoms with Gasteiger partial charge in [0, 0.05) is 68.0 Å². The quantitative estimate of drug-likeness (QED) is 0.461. The molecule has 0 unspecified atom stereocenters. The lowest BCUT2D eigenvalue weighted by Gasteiger charge is -2.40. The number of carbonyl (C=O) groups excluding carboxylic acids is 2. The van der Waals surface area contributed by atoms with Crippen molar-refractivity contribution in [3.63, 3.8) is 0 Å². The Morgan fingerprint density at radius 3 is 2.30 bits per heavy atom. The number of hydrogen-bond donors (Lipinski definition) is 1. The van der Waals surface area contributed by atoms with Crippen molar-refractivity contribution in [3.05, 3.63) is 89.5 Å². The van der Waals surface area contributed by atoms with Crippen molar-refractivity contribution in [2.75, 3.05) is 31.1 Å². The van der Waals surface area contributed by atoms with Crippen LogP contribution in [-0.4, -0.2) is 58.8 Å². The first-order valence-corrected chi connectivity index (χ1v) is 12.8. The van der Waals surface area contributed by atoms with Crippen LogP contribution in [0, 0.1) is 5.82 Å². The van der Waals surface area contributed by atoms with Gasteiger partial charge < -0.3 is 15.5 Å². The zero-order valence-corrected chi connectivity index (χ0v) is 21.4. The van der Waals surface area contributed by atoms with Crippen molar-refractivity contribution in [3.8, 4) is 0 Å². The van der Waals surface area contributed by atoms with E-state index in [1.807, 2.05) is 43.1 Å². The molecule has 0 bridgehead atoms. The summed E-state index contributed by atoms with van der Waals surface area (Å²) < 4.78 is 15.2. The van der Waals surface area contributed by atoms with Crippen molar-refractivity contribution in [1.29, 1.82) is 0 Å². The van der Waals surface area contributed by atoms with Gasteiger partial charge in [0.2, 0.25) is 5.91 Å². The highest BCUT2D eigenvalue weighted by atomic mass is 19.1. The van der Waals surface area contributed by atoms with E-state index in [0.29, 0.717) is 24.3 Å². The number of primary amides is 1. The fraction of sp³-hybridized carbons (Fsp3) is 0.345. The second-order valence-electron chi connectivity index (χ2n) is 9.29. The average Bonchev–Trinajstić information content (AvgIpc) is 2.92. The monoisotopic (exact) mass is 503 g/mol. The molecule has 1 aromatic heterocycles. The van der Waals surface area contributed by atoms with Crippen LogP contribution in [0.5, 0.6) is 0 Å². The molecule has 1 fully saturated rings. The van der Waals surface area contributed by atoms with Gasteiger partial charge in [-0.05, 0) is 80.8 Å². The Hall–Kier alpha value is -3.78. The highest BCUT2D eigenvalue weighted by Crippen LogP contribution is 2.35. The van der Waals surface area contributed by atoms with Crippen LogP contribution in [0.25, 0.3) is 0 Å². The maximum atomic E-state index is 15.2. The third kappa shape index (κ3) is 6.14. The van der Waals surface area contributed by atoms with Gasteiger partial charge in [-0.15, -0.1) is 0 Å². The van der Waals surface area contributed by atoms with Crippen molar-refractivity contribution in [1.82, 2.24) is 14.8 Å². The molecule has 2 heterocycles. The molecular weight excluding hydrogens is 469 g/mol. The first kappa shape index (κ1) is 26.3. The van der Waals surface area contributed by atoms with Crippen molar-refractivity contribution < 1.29 is 14.0 Å². The lowest BCUT2D eigenvalue weighted by atomic mass is 9.99. The predicted octanol–water partition coefficient (Wildman–Crippen LogP) is 4.60. The third-order valence-corrected chi connectivity index (χ3v) is 6.98. The molecule has 194 valence electrons. The fourth-order valence-electron chi connectivity index (χ4n) is 4.94. The van der Waals surface area contributed by atoms with Gasteiger partial charge in [0.15, 0.2) is 0 Å². The van der Waals surface area contributed by atoms with Gasteiger partial charge in [-0.2, -0.15) is 0 Å². The van der Waals surface area contributed by atoms with E-state index < -0.39 is 11.7 Å². The smallest absolute Gasteiger partial charge is 0.253 e. The highest BCUT2D eigenvalue weighted by molar-refractivity contribution is 5.95. The maximum Gasteiger partial charge on any atom is 0.253 e. The second-order valence-corrected chi connectivity index (χ2v) is 9.29. The van der Waals surface area contributed by atoms with E-state index in [0.717, 1.165) is 43.7 Å². The molecule has 8 heteroatoms. The Morgan fingerprint density at radius 1 is 1.03 bits per heavy atom. The molecule has 0 spiro atoms. The van der Waals surface area contributed by atoms with Crippen LogP contribution < -0.4 is 10.6 Å². The summed E-state index contributed by atoms with van der Waals surface area (Å²) in [4.78, 5) is 35.0. The first-order valence-electron chi connectivity index (χ1n) is 12.8. The van der Waals surface area contributed by atoms with Crippen LogP contribution >= 0.6 is 0 Å². The molecule has 2 N–H and O–H groups in total. The summed E-state index contributed by atoms with van der Waals surface area (Å²) in [6.45, 7) is 7.66. The van der Waals surface area contributed by atoms with Gasteiger partial charge in [-0.1, -0.05) is 6.07 Å². The SMILES string of the molecule is CCN(CC)C(=O)c1ccc(N(c2cc(C(N)=O)ccc2F)C2CCN(Cc3cccnc3)CC2)cc1. The van der Waals surface area contributed by atoms with Gasteiger partial charge in [0.05, 0.1) is 5.69 Å². The van der Waals surface area contributed by atoms with E-state index in [2.05, 4.69) is 16.0 Å². The van der Waals surface area contributed by atoms with Crippen LogP contribution in [0.4, 0.5) is 15.8 Å². The molecule has 1 aliphatic heterocycles. The average molecular weight is 504 g/mol. The van der Waals surface area contributed by atoms with E-state index in [-0.39, 0.29) is 17.5 Å². The second kappa shape index (κ2) is 12.0. The first-order chi connectivity index (χ1) is 17.9. The van der Waals surface area contributed by atoms with Gasteiger partial charge in [-0.3, -0.25) is 19.5 Å². The van der Waals surface area contributed by atoms with E-state index in [1.54, 1.807) is 23.2 Å². The molecule has 0 saturated carbocycles. The molecule has 0 atom stereocenters. The Balaban J connectivity index is 1.62. The molecule has 1 aliphatic rings. The number of benzene rings is 2. The lowest BCUT2D eigenvalue weighted by molar-refractivity contribution is 0.0772. The molecule has 1 saturated heterocycles. The number of hydrogen-bond acceptors (Lipinski definition) is 5. The molecule has 2 aromatic carbocycles. The summed E-state index contributed by atoms with van der Waals surface area (Å²) in [6.07, 6.45) is 5.26. The summed E-state index contributed by atoms with van der Waals surface area (Å²) in [5.41, 5.74) is 8.59. The Labute approximate surface area is 217 Å². The zero-order chi connectivity index (χ0) is 26.4. The highest BCUT2D eigenvalue weighted by Gasteiger charge is 2.28. The Kier molecular flexibility index (Phi) is 8.50. The molecule has 2 amide bonds. The normalized spacial score (nSPS) is 14.4. The van der Waals surface area contributed by atoms with Crippen molar-refractivity contribution in [2.45, 2.75) is 39.3 Å². The minimum absolute atomic E-state index is 0.00658. The van der Waals surface area contributed by atoms with Crippen LogP contribution in [-0.2, 0) is 6.54 Å². The van der Waals surface area contributed by atoms with Gasteiger partial charge >= 0.3 is 0 Å². The minimum atomic E-state index is -0.604. The van der Waals surface area contributed by atoms with E-state index in [4.69, 9.17) is 5.73 Å². The van der Waals surface area contributed by atoms with Crippen LogP contribution in [0.15, 0.2) is 67.0 Å². The van der Waals surface area contributed by atoms with Crippen molar-refractivity contribution >= 4 is 23.2 Å². The van der Waals surface area contributed by atoms with Gasteiger partial charge in [0.1, 0.15) is 5.82 Å². The van der Waals surface area contributed by atoms with E-state index in [1.165, 1.54) is 18.2 Å². The largest absolute Gasteiger partial charge is 0.366 e. The van der Waals surface area contributed by atoms with E-state index in [9.17, 15) is 9.59 Å². The van der Waals surface area contributed by atoms with Crippen LogP contribution in [0.2, 0.25) is 0 Å². The third-order valence-electron chi connectivity index (χ3n) is 6.98. The van der Waals surface area contributed by atoms with Crippen LogP contribution in [0.1, 0.15) is 53.0 Å². The molecular formula is C29H34FN5O2. The molecule has 3 aromatic rings. The number of amides is 2. The maximum absolute atomic E-state index is 15.2. The number of piperidine rings is 1. The van der Waals surface area contributed by atoms with Gasteiger partial charge in [0.25, 0.3) is 5.91 Å². The number of carbonyl (C=O) groups is 2. The standard InChI is InChI=1S/C29H34FN5O2/c1-3-34(4-2)29(37)22-7-10-24(11-8-22)35(27-18-23(28(31)36)9-12-26(27)30)25-13-16-33(17-14-25)20-21-6-5-15-32-19-21/h5-12,15,18-19,25H,3-4,13-14,16-17,20H2,1-2H3,(H2,31,36). The lowest BCUT2D eigenvalue weighted by Crippen LogP contribution is -2.43. The summed E-state index contributed by atoms with van der Waals surface area (Å²) >= 11 is 0. The van der Waals surface area contributed by atoms with Gasteiger partial charge in [-0.25, -0.2) is 4.39 Å². The molecule has 0 aliphatic carbocycles. The number of nitrogens with zero attached hydrogens (tertiary/aromatic N) is 4. The zero-order valence-electron chi connectivity index (χ0n) is 21.4. The fourth-order valence-corrected chi connectivity index (χ4v) is 4.94. The Morgan fingerprint density at radius 2 is 1.70 bits per heavy atom. The number of halogens is 1. The number of pyridine rings is 1.